The third-order valence-corrected chi connectivity index (χ3v) is 2.31. The molecule has 0 bridgehead atoms. The van der Waals surface area contributed by atoms with Gasteiger partial charge >= 0.3 is 0 Å². The van der Waals surface area contributed by atoms with Gasteiger partial charge in [-0.1, -0.05) is 23.7 Å². The van der Waals surface area contributed by atoms with E-state index in [2.05, 4.69) is 10.3 Å². The average molecular weight is 214 g/mol. The van der Waals surface area contributed by atoms with Gasteiger partial charge in [0.05, 0.1) is 6.67 Å². The molecule has 0 saturated carbocycles. The number of hydrogen-bond acceptors (Lipinski definition) is 3. The third kappa shape index (κ3) is 4.07. The number of likely N-dealkylation sites (N-methyl/N-ethyl adjacent to an activating group) is 1. The Balaban J connectivity index is 2.34. The minimum absolute atomic E-state index is 0.702. The molecule has 4 heteroatoms. The minimum Gasteiger partial charge on any atom is -0.292 e. The number of nitrogens with zero attached hydrogens (tertiary/aromatic N) is 1. The van der Waals surface area contributed by atoms with Gasteiger partial charge in [0, 0.05) is 11.6 Å². The summed E-state index contributed by atoms with van der Waals surface area (Å²) in [6.45, 7) is 1.68. The summed E-state index contributed by atoms with van der Waals surface area (Å²) in [6.07, 6.45) is 1.01. The van der Waals surface area contributed by atoms with E-state index >= 15 is 0 Å². The molecule has 0 unspecified atom stereocenters. The van der Waals surface area contributed by atoms with E-state index in [1.807, 2.05) is 31.3 Å². The van der Waals surface area contributed by atoms with E-state index < -0.39 is 0 Å². The monoisotopic (exact) mass is 213 g/mol. The molecule has 0 saturated heterocycles. The smallest absolute Gasteiger partial charge is 0.0610 e. The standard InChI is InChI=1S/C10H16ClN3/c1-14(8-13-12)7-6-9-2-4-10(11)5-3-9/h2-5,13H,6-8,12H2,1H3. The van der Waals surface area contributed by atoms with Crippen molar-refractivity contribution in [2.75, 3.05) is 20.3 Å². The van der Waals surface area contributed by atoms with Gasteiger partial charge in [-0.2, -0.15) is 0 Å². The molecule has 3 nitrogen and oxygen atoms in total. The fourth-order valence-corrected chi connectivity index (χ4v) is 1.33. The molecule has 0 amide bonds. The summed E-state index contributed by atoms with van der Waals surface area (Å²) >= 11 is 5.79. The average Bonchev–Trinajstić information content (AvgIpc) is 2.17. The van der Waals surface area contributed by atoms with Crippen LogP contribution in [0.15, 0.2) is 24.3 Å². The lowest BCUT2D eigenvalue weighted by Crippen LogP contribution is -2.36. The summed E-state index contributed by atoms with van der Waals surface area (Å²) in [5.74, 6) is 5.21. The summed E-state index contributed by atoms with van der Waals surface area (Å²) in [5.41, 5.74) is 3.91. The first-order valence-electron chi connectivity index (χ1n) is 4.59. The van der Waals surface area contributed by atoms with Crippen LogP contribution in [0.4, 0.5) is 0 Å². The summed E-state index contributed by atoms with van der Waals surface area (Å²) in [5, 5.41) is 0.783. The highest BCUT2D eigenvalue weighted by Crippen LogP contribution is 2.09. The van der Waals surface area contributed by atoms with E-state index in [1.54, 1.807) is 0 Å². The van der Waals surface area contributed by atoms with Crippen molar-refractivity contribution in [3.8, 4) is 0 Å². The van der Waals surface area contributed by atoms with Gasteiger partial charge in [0.25, 0.3) is 0 Å². The molecule has 1 rings (SSSR count). The highest BCUT2D eigenvalue weighted by molar-refractivity contribution is 6.30. The Morgan fingerprint density at radius 3 is 2.57 bits per heavy atom. The third-order valence-electron chi connectivity index (χ3n) is 2.06. The maximum atomic E-state index is 5.79. The summed E-state index contributed by atoms with van der Waals surface area (Å²) in [6, 6.07) is 7.92. The van der Waals surface area contributed by atoms with Crippen LogP contribution >= 0.6 is 11.6 Å². The van der Waals surface area contributed by atoms with Gasteiger partial charge in [0.1, 0.15) is 0 Å². The SMILES string of the molecule is CN(CCc1ccc(Cl)cc1)CNN. The second kappa shape index (κ2) is 5.98. The molecule has 0 heterocycles. The van der Waals surface area contributed by atoms with E-state index in [4.69, 9.17) is 17.4 Å². The first kappa shape index (κ1) is 11.5. The Kier molecular flexibility index (Phi) is 4.90. The zero-order valence-electron chi connectivity index (χ0n) is 8.33. The normalized spacial score (nSPS) is 10.9. The van der Waals surface area contributed by atoms with Gasteiger partial charge < -0.3 is 0 Å². The van der Waals surface area contributed by atoms with Crippen molar-refractivity contribution in [1.82, 2.24) is 10.3 Å². The lowest BCUT2D eigenvalue weighted by molar-refractivity contribution is 0.313. The number of rotatable bonds is 5. The Morgan fingerprint density at radius 1 is 1.36 bits per heavy atom. The zero-order chi connectivity index (χ0) is 10.4. The van der Waals surface area contributed by atoms with Crippen LogP contribution in [0.2, 0.25) is 5.02 Å². The van der Waals surface area contributed by atoms with Gasteiger partial charge in [-0.25, -0.2) is 5.43 Å². The molecule has 0 aliphatic heterocycles. The Morgan fingerprint density at radius 2 is 2.00 bits per heavy atom. The number of benzene rings is 1. The van der Waals surface area contributed by atoms with Gasteiger partial charge in [0.15, 0.2) is 0 Å². The summed E-state index contributed by atoms with van der Waals surface area (Å²) in [4.78, 5) is 2.12. The second-order valence-electron chi connectivity index (χ2n) is 3.32. The largest absolute Gasteiger partial charge is 0.292 e. The summed E-state index contributed by atoms with van der Waals surface area (Å²) < 4.78 is 0. The van der Waals surface area contributed by atoms with E-state index in [1.165, 1.54) is 5.56 Å². The number of nitrogens with one attached hydrogen (secondary N) is 1. The van der Waals surface area contributed by atoms with Gasteiger partial charge in [-0.05, 0) is 31.2 Å². The molecular weight excluding hydrogens is 198 g/mol. The lowest BCUT2D eigenvalue weighted by atomic mass is 10.1. The van der Waals surface area contributed by atoms with Crippen LogP contribution in [0, 0.1) is 0 Å². The van der Waals surface area contributed by atoms with Crippen molar-refractivity contribution in [1.29, 1.82) is 0 Å². The van der Waals surface area contributed by atoms with E-state index in [0.717, 1.165) is 18.0 Å². The van der Waals surface area contributed by atoms with Crippen molar-refractivity contribution in [2.45, 2.75) is 6.42 Å². The van der Waals surface area contributed by atoms with E-state index in [0.29, 0.717) is 6.67 Å². The van der Waals surface area contributed by atoms with Crippen LogP contribution in [0.3, 0.4) is 0 Å². The predicted molar refractivity (Wildman–Crippen MR) is 60.0 cm³/mol. The molecule has 1 aromatic carbocycles. The van der Waals surface area contributed by atoms with Crippen molar-refractivity contribution >= 4 is 11.6 Å². The van der Waals surface area contributed by atoms with Crippen LogP contribution in [-0.2, 0) is 6.42 Å². The predicted octanol–water partition coefficient (Wildman–Crippen LogP) is 1.24. The molecule has 0 fully saturated rings. The number of halogens is 1. The molecule has 3 N–H and O–H groups in total. The zero-order valence-corrected chi connectivity index (χ0v) is 9.09. The number of hydrazine groups is 1. The fourth-order valence-electron chi connectivity index (χ4n) is 1.21. The van der Waals surface area contributed by atoms with Gasteiger partial charge in [-0.3, -0.25) is 10.7 Å². The molecule has 14 heavy (non-hydrogen) atoms. The Hall–Kier alpha value is -0.610. The Labute approximate surface area is 89.8 Å². The highest BCUT2D eigenvalue weighted by Gasteiger charge is 1.97. The molecule has 0 aliphatic rings. The van der Waals surface area contributed by atoms with Crippen LogP contribution in [0.1, 0.15) is 5.56 Å². The van der Waals surface area contributed by atoms with Crippen molar-refractivity contribution < 1.29 is 0 Å². The van der Waals surface area contributed by atoms with Crippen molar-refractivity contribution in [2.24, 2.45) is 5.84 Å². The molecule has 0 aliphatic carbocycles. The van der Waals surface area contributed by atoms with E-state index in [-0.39, 0.29) is 0 Å². The van der Waals surface area contributed by atoms with Crippen molar-refractivity contribution in [3.05, 3.63) is 34.9 Å². The molecule has 0 atom stereocenters. The number of nitrogens with two attached hydrogens (primary N) is 1. The first-order chi connectivity index (χ1) is 6.72. The molecule has 0 spiro atoms. The Bertz CT molecular complexity index is 261. The molecule has 0 radical (unpaired) electrons. The fraction of sp³-hybridized carbons (Fsp3) is 0.400. The van der Waals surface area contributed by atoms with Crippen LogP contribution < -0.4 is 11.3 Å². The topological polar surface area (TPSA) is 41.3 Å². The summed E-state index contributed by atoms with van der Waals surface area (Å²) in [7, 11) is 2.02. The molecular formula is C10H16ClN3. The molecule has 78 valence electrons. The van der Waals surface area contributed by atoms with Crippen LogP contribution in [-0.4, -0.2) is 25.2 Å². The van der Waals surface area contributed by atoms with E-state index in [9.17, 15) is 0 Å². The lowest BCUT2D eigenvalue weighted by Gasteiger charge is -2.15. The highest BCUT2D eigenvalue weighted by atomic mass is 35.5. The first-order valence-corrected chi connectivity index (χ1v) is 4.96. The second-order valence-corrected chi connectivity index (χ2v) is 3.75. The maximum absolute atomic E-state index is 5.79. The van der Waals surface area contributed by atoms with Crippen molar-refractivity contribution in [3.63, 3.8) is 0 Å². The molecule has 1 aromatic rings. The quantitative estimate of drug-likeness (QED) is 0.439. The molecule has 0 aromatic heterocycles. The minimum atomic E-state index is 0.702. The van der Waals surface area contributed by atoms with Crippen LogP contribution in [0.25, 0.3) is 0 Å². The van der Waals surface area contributed by atoms with Crippen LogP contribution in [0.5, 0.6) is 0 Å². The van der Waals surface area contributed by atoms with Gasteiger partial charge in [0.2, 0.25) is 0 Å². The maximum Gasteiger partial charge on any atom is 0.0610 e. The van der Waals surface area contributed by atoms with Gasteiger partial charge in [-0.15, -0.1) is 0 Å². The number of hydrogen-bond donors (Lipinski definition) is 2.